The first-order valence-corrected chi connectivity index (χ1v) is 10.5. The fourth-order valence-electron chi connectivity index (χ4n) is 4.03. The van der Waals surface area contributed by atoms with Gasteiger partial charge in [0.15, 0.2) is 0 Å². The second-order valence-electron chi connectivity index (χ2n) is 7.45. The Bertz CT molecular complexity index is 1110. The number of anilines is 1. The summed E-state index contributed by atoms with van der Waals surface area (Å²) in [5.41, 5.74) is 3.58. The maximum atomic E-state index is 13.3. The van der Waals surface area contributed by atoms with Gasteiger partial charge in [-0.2, -0.15) is 0 Å². The van der Waals surface area contributed by atoms with Crippen molar-refractivity contribution in [2.75, 3.05) is 18.5 Å². The van der Waals surface area contributed by atoms with Crippen molar-refractivity contribution in [3.63, 3.8) is 0 Å². The van der Waals surface area contributed by atoms with Crippen LogP contribution >= 0.6 is 0 Å². The van der Waals surface area contributed by atoms with E-state index in [1.807, 2.05) is 73.3 Å². The van der Waals surface area contributed by atoms with Crippen LogP contribution in [0.4, 0.5) is 5.69 Å². The zero-order valence-electron chi connectivity index (χ0n) is 17.4. The number of carbonyl (C=O) groups is 2. The molecule has 2 amide bonds. The van der Waals surface area contributed by atoms with E-state index in [2.05, 4.69) is 5.32 Å². The van der Waals surface area contributed by atoms with E-state index < -0.39 is 0 Å². The second kappa shape index (κ2) is 8.57. The van der Waals surface area contributed by atoms with Crippen molar-refractivity contribution in [1.82, 2.24) is 4.90 Å². The molecule has 3 aromatic rings. The summed E-state index contributed by atoms with van der Waals surface area (Å²) in [6.07, 6.45) is 1.35. The highest BCUT2D eigenvalue weighted by Gasteiger charge is 2.21. The molecule has 1 aliphatic heterocycles. The van der Waals surface area contributed by atoms with Crippen molar-refractivity contribution in [2.24, 2.45) is 0 Å². The largest absolute Gasteiger partial charge is 0.493 e. The number of benzene rings is 3. The molecule has 1 N–H and O–H groups in total. The Kier molecular flexibility index (Phi) is 5.70. The lowest BCUT2D eigenvalue weighted by atomic mass is 9.98. The molecule has 5 heteroatoms. The van der Waals surface area contributed by atoms with Gasteiger partial charge in [0.1, 0.15) is 5.75 Å². The molecular weight excluding hydrogens is 376 g/mol. The standard InChI is InChI=1S/C25H26N2O3/c1-3-23(28)27-14-13-17-9-11-20(15-19(17)16-27)26-25(29)24-21-8-6-5-7-18(21)10-12-22(24)30-4-2/h5-12,15H,3-4,13-14,16H2,1-2H3,(H,26,29). The smallest absolute Gasteiger partial charge is 0.260 e. The second-order valence-corrected chi connectivity index (χ2v) is 7.45. The quantitative estimate of drug-likeness (QED) is 0.668. The van der Waals surface area contributed by atoms with Crippen LogP contribution in [0.25, 0.3) is 10.8 Å². The van der Waals surface area contributed by atoms with Crippen molar-refractivity contribution < 1.29 is 14.3 Å². The zero-order valence-corrected chi connectivity index (χ0v) is 17.4. The molecule has 0 atom stereocenters. The van der Waals surface area contributed by atoms with Gasteiger partial charge in [-0.25, -0.2) is 0 Å². The van der Waals surface area contributed by atoms with Gasteiger partial charge >= 0.3 is 0 Å². The molecule has 0 spiro atoms. The third kappa shape index (κ3) is 3.88. The number of fused-ring (bicyclic) bond motifs is 2. The molecule has 1 aliphatic rings. The third-order valence-corrected chi connectivity index (χ3v) is 5.55. The highest BCUT2D eigenvalue weighted by molar-refractivity contribution is 6.15. The molecule has 0 saturated carbocycles. The minimum atomic E-state index is -0.201. The normalized spacial score (nSPS) is 13.1. The van der Waals surface area contributed by atoms with Crippen LogP contribution in [0.1, 0.15) is 41.8 Å². The van der Waals surface area contributed by atoms with Crippen molar-refractivity contribution in [3.8, 4) is 5.75 Å². The van der Waals surface area contributed by atoms with Gasteiger partial charge < -0.3 is 15.0 Å². The molecule has 0 saturated heterocycles. The summed E-state index contributed by atoms with van der Waals surface area (Å²) in [5, 5.41) is 4.89. The van der Waals surface area contributed by atoms with Crippen LogP contribution in [0.5, 0.6) is 5.75 Å². The maximum Gasteiger partial charge on any atom is 0.260 e. The summed E-state index contributed by atoms with van der Waals surface area (Å²) in [7, 11) is 0. The molecule has 0 bridgehead atoms. The predicted octanol–water partition coefficient (Wildman–Crippen LogP) is 4.79. The molecule has 1 heterocycles. The number of carbonyl (C=O) groups excluding carboxylic acids is 2. The van der Waals surface area contributed by atoms with Crippen LogP contribution in [0.15, 0.2) is 54.6 Å². The van der Waals surface area contributed by atoms with E-state index >= 15 is 0 Å². The molecule has 0 aromatic heterocycles. The predicted molar refractivity (Wildman–Crippen MR) is 119 cm³/mol. The van der Waals surface area contributed by atoms with E-state index in [1.54, 1.807) is 0 Å². The van der Waals surface area contributed by atoms with Gasteiger partial charge in [-0.05, 0) is 53.4 Å². The van der Waals surface area contributed by atoms with E-state index in [0.29, 0.717) is 30.9 Å². The molecule has 0 aliphatic carbocycles. The first kappa shape index (κ1) is 20.0. The number of rotatable bonds is 5. The Hall–Kier alpha value is -3.34. The Balaban J connectivity index is 1.64. The maximum absolute atomic E-state index is 13.3. The van der Waals surface area contributed by atoms with Gasteiger partial charge in [0.25, 0.3) is 5.91 Å². The van der Waals surface area contributed by atoms with Gasteiger partial charge in [-0.15, -0.1) is 0 Å². The van der Waals surface area contributed by atoms with Crippen LogP contribution in [-0.2, 0) is 17.8 Å². The summed E-state index contributed by atoms with van der Waals surface area (Å²) in [4.78, 5) is 27.2. The Morgan fingerprint density at radius 3 is 2.67 bits per heavy atom. The molecule has 0 fully saturated rings. The molecule has 154 valence electrons. The molecule has 30 heavy (non-hydrogen) atoms. The van der Waals surface area contributed by atoms with Crippen LogP contribution in [0, 0.1) is 0 Å². The van der Waals surface area contributed by atoms with E-state index in [9.17, 15) is 9.59 Å². The van der Waals surface area contributed by atoms with Crippen LogP contribution in [0.2, 0.25) is 0 Å². The van der Waals surface area contributed by atoms with Crippen molar-refractivity contribution in [2.45, 2.75) is 33.2 Å². The van der Waals surface area contributed by atoms with Crippen LogP contribution in [0.3, 0.4) is 0 Å². The fraction of sp³-hybridized carbons (Fsp3) is 0.280. The molecule has 0 unspecified atom stereocenters. The average Bonchev–Trinajstić information content (AvgIpc) is 2.78. The third-order valence-electron chi connectivity index (χ3n) is 5.55. The lowest BCUT2D eigenvalue weighted by molar-refractivity contribution is -0.131. The van der Waals surface area contributed by atoms with Gasteiger partial charge in [-0.3, -0.25) is 9.59 Å². The van der Waals surface area contributed by atoms with E-state index in [0.717, 1.165) is 35.0 Å². The summed E-state index contributed by atoms with van der Waals surface area (Å²) in [6, 6.07) is 17.6. The molecule has 4 rings (SSSR count). The first-order chi connectivity index (χ1) is 14.6. The first-order valence-electron chi connectivity index (χ1n) is 10.5. The lowest BCUT2D eigenvalue weighted by Crippen LogP contribution is -2.35. The number of ether oxygens (including phenoxy) is 1. The van der Waals surface area contributed by atoms with E-state index in [4.69, 9.17) is 4.74 Å². The van der Waals surface area contributed by atoms with Crippen LogP contribution in [-0.4, -0.2) is 29.9 Å². The summed E-state index contributed by atoms with van der Waals surface area (Å²) in [5.74, 6) is 0.533. The molecular formula is C25H26N2O3. The SMILES string of the molecule is CCOc1ccc2ccccc2c1C(=O)Nc1ccc2c(c1)CN(C(=O)CC)CC2. The highest BCUT2D eigenvalue weighted by Crippen LogP contribution is 2.30. The Morgan fingerprint density at radius 1 is 1.03 bits per heavy atom. The number of amides is 2. The molecule has 0 radical (unpaired) electrons. The van der Waals surface area contributed by atoms with E-state index in [-0.39, 0.29) is 11.8 Å². The van der Waals surface area contributed by atoms with Crippen molar-refractivity contribution in [1.29, 1.82) is 0 Å². The minimum absolute atomic E-state index is 0.159. The van der Waals surface area contributed by atoms with Gasteiger partial charge in [0.2, 0.25) is 5.91 Å². The molecule has 3 aromatic carbocycles. The van der Waals surface area contributed by atoms with Crippen LogP contribution < -0.4 is 10.1 Å². The minimum Gasteiger partial charge on any atom is -0.493 e. The lowest BCUT2D eigenvalue weighted by Gasteiger charge is -2.29. The zero-order chi connectivity index (χ0) is 21.1. The number of hydrogen-bond acceptors (Lipinski definition) is 3. The van der Waals surface area contributed by atoms with Gasteiger partial charge in [0.05, 0.1) is 12.2 Å². The summed E-state index contributed by atoms with van der Waals surface area (Å²) in [6.45, 7) is 5.61. The Labute approximate surface area is 176 Å². The number of nitrogens with one attached hydrogen (secondary N) is 1. The van der Waals surface area contributed by atoms with Crippen molar-refractivity contribution >= 4 is 28.3 Å². The van der Waals surface area contributed by atoms with Gasteiger partial charge in [-0.1, -0.05) is 43.3 Å². The van der Waals surface area contributed by atoms with Crippen molar-refractivity contribution in [3.05, 3.63) is 71.3 Å². The summed E-state index contributed by atoms with van der Waals surface area (Å²) >= 11 is 0. The monoisotopic (exact) mass is 402 g/mol. The number of hydrogen-bond donors (Lipinski definition) is 1. The average molecular weight is 402 g/mol. The molecule has 5 nitrogen and oxygen atoms in total. The topological polar surface area (TPSA) is 58.6 Å². The van der Waals surface area contributed by atoms with Gasteiger partial charge in [0, 0.05) is 25.2 Å². The van der Waals surface area contributed by atoms with E-state index in [1.165, 1.54) is 5.56 Å². The fourth-order valence-corrected chi connectivity index (χ4v) is 4.03. The Morgan fingerprint density at radius 2 is 1.87 bits per heavy atom. The highest BCUT2D eigenvalue weighted by atomic mass is 16.5. The summed E-state index contributed by atoms with van der Waals surface area (Å²) < 4.78 is 5.74. The number of nitrogens with zero attached hydrogens (tertiary/aromatic N) is 1.